The van der Waals surface area contributed by atoms with Crippen molar-refractivity contribution < 1.29 is 9.59 Å². The smallest absolute Gasteiger partial charge is 0.262 e. The summed E-state index contributed by atoms with van der Waals surface area (Å²) in [5, 5.41) is 14.3. The Hall–Kier alpha value is -4.04. The Kier molecular flexibility index (Phi) is 6.76. The highest BCUT2D eigenvalue weighted by molar-refractivity contribution is 7.12. The van der Waals surface area contributed by atoms with Gasteiger partial charge in [-0.15, -0.1) is 11.3 Å². The molecule has 2 aromatic heterocycles. The lowest BCUT2D eigenvalue weighted by atomic mass is 9.97. The highest BCUT2D eigenvalue weighted by Crippen LogP contribution is 2.33. The van der Waals surface area contributed by atoms with Gasteiger partial charge in [-0.25, -0.2) is 0 Å². The first kappa shape index (κ1) is 24.6. The number of hydrogen-bond donors (Lipinski definition) is 3. The second kappa shape index (κ2) is 10.1. The summed E-state index contributed by atoms with van der Waals surface area (Å²) in [6.07, 6.45) is 6.00. The van der Waals surface area contributed by atoms with Crippen molar-refractivity contribution in [2.45, 2.75) is 38.8 Å². The molecule has 188 valence electrons. The van der Waals surface area contributed by atoms with Crippen LogP contribution in [-0.4, -0.2) is 35.1 Å². The Morgan fingerprint density at radius 2 is 2.00 bits per heavy atom. The van der Waals surface area contributed by atoms with E-state index in [4.69, 9.17) is 0 Å². The third-order valence-corrected chi connectivity index (χ3v) is 7.83. The monoisotopic (exact) mass is 511 g/mol. The van der Waals surface area contributed by atoms with Gasteiger partial charge < -0.3 is 16.1 Å². The molecule has 0 saturated heterocycles. The molecule has 2 amide bonds. The maximum Gasteiger partial charge on any atom is 0.262 e. The molecule has 2 atom stereocenters. The number of nitrogens with one attached hydrogen (secondary N) is 3. The van der Waals surface area contributed by atoms with Gasteiger partial charge in [0.05, 0.1) is 29.2 Å². The van der Waals surface area contributed by atoms with E-state index in [0.29, 0.717) is 17.0 Å². The van der Waals surface area contributed by atoms with E-state index < -0.39 is 5.54 Å². The highest BCUT2D eigenvalue weighted by Gasteiger charge is 2.29. The van der Waals surface area contributed by atoms with Gasteiger partial charge in [0.15, 0.2) is 0 Å². The molecule has 3 heterocycles. The van der Waals surface area contributed by atoms with Crippen molar-refractivity contribution >= 4 is 40.1 Å². The fraction of sp³-hybridized carbons (Fsp3) is 0.241. The van der Waals surface area contributed by atoms with E-state index in [-0.39, 0.29) is 17.9 Å². The predicted molar refractivity (Wildman–Crippen MR) is 149 cm³/mol. The number of carbonyl (C=O) groups excluding carboxylic acids is 2. The average molecular weight is 512 g/mol. The molecule has 1 aliphatic rings. The quantitative estimate of drug-likeness (QED) is 0.317. The number of fused-ring (bicyclic) bond motifs is 1. The van der Waals surface area contributed by atoms with Crippen LogP contribution in [0.2, 0.25) is 0 Å². The van der Waals surface area contributed by atoms with E-state index in [9.17, 15) is 9.59 Å². The van der Waals surface area contributed by atoms with Gasteiger partial charge in [0.25, 0.3) is 11.8 Å². The van der Waals surface area contributed by atoms with Crippen molar-refractivity contribution in [3.8, 4) is 11.1 Å². The number of rotatable bonds is 7. The summed E-state index contributed by atoms with van der Waals surface area (Å²) in [6, 6.07) is 15.6. The van der Waals surface area contributed by atoms with Gasteiger partial charge in [0.1, 0.15) is 0 Å². The Labute approximate surface area is 220 Å². The molecule has 7 nitrogen and oxygen atoms in total. The van der Waals surface area contributed by atoms with Gasteiger partial charge >= 0.3 is 0 Å². The lowest BCUT2D eigenvalue weighted by molar-refractivity contribution is 0.0926. The topological polar surface area (TPSA) is 95.5 Å². The summed E-state index contributed by atoms with van der Waals surface area (Å²) in [5.74, 6) is -0.215. The molecule has 0 bridgehead atoms. The van der Waals surface area contributed by atoms with Crippen molar-refractivity contribution in [1.82, 2.24) is 21.0 Å². The molecule has 8 heteroatoms. The highest BCUT2D eigenvalue weighted by atomic mass is 32.1. The number of pyridine rings is 1. The Morgan fingerprint density at radius 3 is 2.78 bits per heavy atom. The fourth-order valence-corrected chi connectivity index (χ4v) is 5.57. The maximum atomic E-state index is 13.1. The third-order valence-electron chi connectivity index (χ3n) is 6.75. The molecule has 3 N–H and O–H groups in total. The van der Waals surface area contributed by atoms with Gasteiger partial charge in [-0.05, 0) is 77.6 Å². The van der Waals surface area contributed by atoms with E-state index in [1.165, 1.54) is 11.3 Å². The maximum absolute atomic E-state index is 13.1. The standard InChI is InChI=1S/C29H29N5O2S/c1-4-25(33-27(35)22-8-9-23-14-30-11-10-19(23)12-22)21-7-5-6-20(13-21)24-15-37-26(18(24)2)28(36)34-29(3)16-31-32-17-29/h5-16,25,32H,4,17H2,1-3H3,(H,33,35)(H,34,36). The minimum Gasteiger partial charge on any atom is -0.345 e. The molecule has 2 unspecified atom stereocenters. The van der Waals surface area contributed by atoms with Crippen LogP contribution in [0.1, 0.15) is 57.5 Å². The predicted octanol–water partition coefficient (Wildman–Crippen LogP) is 5.23. The number of thiophene rings is 1. The number of nitrogens with zero attached hydrogens (tertiary/aromatic N) is 2. The van der Waals surface area contributed by atoms with Crippen LogP contribution in [0.4, 0.5) is 0 Å². The first-order valence-corrected chi connectivity index (χ1v) is 13.2. The van der Waals surface area contributed by atoms with E-state index >= 15 is 0 Å². The molecule has 2 aromatic carbocycles. The molecule has 37 heavy (non-hydrogen) atoms. The summed E-state index contributed by atoms with van der Waals surface area (Å²) < 4.78 is 0. The van der Waals surface area contributed by atoms with Crippen LogP contribution >= 0.6 is 11.3 Å². The van der Waals surface area contributed by atoms with Crippen molar-refractivity contribution in [2.75, 3.05) is 6.54 Å². The van der Waals surface area contributed by atoms with Crippen LogP contribution in [0.15, 0.2) is 71.4 Å². The van der Waals surface area contributed by atoms with Crippen LogP contribution in [0.25, 0.3) is 21.9 Å². The molecule has 0 radical (unpaired) electrons. The summed E-state index contributed by atoms with van der Waals surface area (Å²) in [7, 11) is 0. The summed E-state index contributed by atoms with van der Waals surface area (Å²) in [5.41, 5.74) is 7.02. The van der Waals surface area contributed by atoms with Crippen molar-refractivity contribution in [3.63, 3.8) is 0 Å². The summed E-state index contributed by atoms with van der Waals surface area (Å²) in [6.45, 7) is 6.55. The Balaban J connectivity index is 1.35. The number of benzene rings is 2. The number of amides is 2. The number of carbonyl (C=O) groups is 2. The minimum atomic E-state index is -0.498. The first-order valence-electron chi connectivity index (χ1n) is 12.3. The van der Waals surface area contributed by atoms with Gasteiger partial charge in [-0.2, -0.15) is 5.10 Å². The zero-order valence-corrected chi connectivity index (χ0v) is 21.9. The molecule has 1 aliphatic heterocycles. The molecule has 0 saturated carbocycles. The molecule has 5 rings (SSSR count). The fourth-order valence-electron chi connectivity index (χ4n) is 4.57. The van der Waals surface area contributed by atoms with Crippen molar-refractivity contribution in [1.29, 1.82) is 0 Å². The normalized spacial score (nSPS) is 17.4. The zero-order chi connectivity index (χ0) is 26.0. The molecular formula is C29H29N5O2S. The van der Waals surface area contributed by atoms with Crippen LogP contribution in [0.3, 0.4) is 0 Å². The van der Waals surface area contributed by atoms with E-state index in [0.717, 1.165) is 39.4 Å². The van der Waals surface area contributed by atoms with Gasteiger partial charge in [0, 0.05) is 23.3 Å². The average Bonchev–Trinajstić information content (AvgIpc) is 3.52. The van der Waals surface area contributed by atoms with Crippen LogP contribution in [-0.2, 0) is 0 Å². The Bertz CT molecular complexity index is 1510. The van der Waals surface area contributed by atoms with E-state index in [2.05, 4.69) is 39.1 Å². The van der Waals surface area contributed by atoms with Crippen molar-refractivity contribution in [2.24, 2.45) is 5.10 Å². The zero-order valence-electron chi connectivity index (χ0n) is 21.0. The van der Waals surface area contributed by atoms with Gasteiger partial charge in [-0.3, -0.25) is 14.6 Å². The molecular weight excluding hydrogens is 482 g/mol. The molecule has 0 spiro atoms. The van der Waals surface area contributed by atoms with Crippen LogP contribution < -0.4 is 16.1 Å². The van der Waals surface area contributed by atoms with Crippen LogP contribution in [0.5, 0.6) is 0 Å². The molecule has 4 aromatic rings. The van der Waals surface area contributed by atoms with E-state index in [1.807, 2.05) is 61.7 Å². The summed E-state index contributed by atoms with van der Waals surface area (Å²) in [4.78, 5) is 30.9. The third kappa shape index (κ3) is 5.11. The molecule has 0 aliphatic carbocycles. The number of aromatic nitrogens is 1. The van der Waals surface area contributed by atoms with Gasteiger partial charge in [0.2, 0.25) is 0 Å². The van der Waals surface area contributed by atoms with Crippen molar-refractivity contribution in [3.05, 3.63) is 87.9 Å². The van der Waals surface area contributed by atoms with Crippen LogP contribution in [0, 0.1) is 6.92 Å². The van der Waals surface area contributed by atoms with E-state index in [1.54, 1.807) is 18.6 Å². The number of hydrazone groups is 1. The minimum absolute atomic E-state index is 0.104. The SMILES string of the molecule is CCC(NC(=O)c1ccc2cnccc2c1)c1cccc(-c2csc(C(=O)NC3(C)C=NNC3)c2C)c1. The van der Waals surface area contributed by atoms with Gasteiger partial charge in [-0.1, -0.05) is 31.2 Å². The second-order valence-corrected chi connectivity index (χ2v) is 10.4. The first-order chi connectivity index (χ1) is 17.9. The largest absolute Gasteiger partial charge is 0.345 e. The Morgan fingerprint density at radius 1 is 1.14 bits per heavy atom. The lowest BCUT2D eigenvalue weighted by Gasteiger charge is -2.21. The summed E-state index contributed by atoms with van der Waals surface area (Å²) >= 11 is 1.44. The lowest BCUT2D eigenvalue weighted by Crippen LogP contribution is -2.49. The molecule has 0 fully saturated rings. The second-order valence-electron chi connectivity index (χ2n) is 9.57. The number of hydrogen-bond acceptors (Lipinski definition) is 6.